The average molecular weight is 272 g/mol. The number of aromatic nitrogens is 1. The second-order valence-electron chi connectivity index (χ2n) is 5.47. The van der Waals surface area contributed by atoms with Crippen molar-refractivity contribution >= 4 is 5.69 Å². The first-order chi connectivity index (χ1) is 9.78. The summed E-state index contributed by atoms with van der Waals surface area (Å²) in [4.78, 5) is 6.37. The van der Waals surface area contributed by atoms with Crippen molar-refractivity contribution in [2.45, 2.75) is 19.3 Å². The maximum absolute atomic E-state index is 8.96. The van der Waals surface area contributed by atoms with Crippen LogP contribution in [0.25, 0.3) is 11.3 Å². The predicted molar refractivity (Wildman–Crippen MR) is 78.7 cm³/mol. The fourth-order valence-corrected chi connectivity index (χ4v) is 2.39. The molecule has 0 atom stereocenters. The highest BCUT2D eigenvalue weighted by Crippen LogP contribution is 2.35. The van der Waals surface area contributed by atoms with Gasteiger partial charge in [0.15, 0.2) is 12.2 Å². The van der Waals surface area contributed by atoms with Crippen molar-refractivity contribution in [2.75, 3.05) is 25.1 Å². The molecule has 1 aliphatic rings. The van der Waals surface area contributed by atoms with E-state index in [1.807, 2.05) is 11.9 Å². The summed E-state index contributed by atoms with van der Waals surface area (Å²) in [5.74, 6) is 1.70. The van der Waals surface area contributed by atoms with E-state index in [4.69, 9.17) is 9.52 Å². The van der Waals surface area contributed by atoms with E-state index < -0.39 is 0 Å². The van der Waals surface area contributed by atoms with Crippen molar-refractivity contribution in [1.29, 1.82) is 0 Å². The highest BCUT2D eigenvalue weighted by atomic mass is 16.3. The molecule has 106 valence electrons. The lowest BCUT2D eigenvalue weighted by atomic mass is 10.1. The minimum Gasteiger partial charge on any atom is -0.443 e. The maximum atomic E-state index is 8.96. The van der Waals surface area contributed by atoms with Gasteiger partial charge in [0.1, 0.15) is 0 Å². The number of likely N-dealkylation sites (N-methyl/N-ethyl adjacent to an activating group) is 1. The Bertz CT molecular complexity index is 558. The molecule has 2 aromatic rings. The highest BCUT2D eigenvalue weighted by Gasteiger charge is 2.25. The van der Waals surface area contributed by atoms with E-state index in [0.29, 0.717) is 6.54 Å². The highest BCUT2D eigenvalue weighted by molar-refractivity contribution is 5.63. The summed E-state index contributed by atoms with van der Waals surface area (Å²) in [6.45, 7) is 0.792. The molecule has 1 aromatic heterocycles. The minimum atomic E-state index is 0.159. The lowest BCUT2D eigenvalue weighted by molar-refractivity contribution is 0.304. The standard InChI is InChI=1S/C16H20N2O2/c1-18(8-9-19)14-6-4-13(5-7-14)16-15(17-11-20-16)10-12-2-3-12/h4-7,11-12,19H,2-3,8-10H2,1H3. The van der Waals surface area contributed by atoms with Gasteiger partial charge in [-0.3, -0.25) is 0 Å². The van der Waals surface area contributed by atoms with Gasteiger partial charge >= 0.3 is 0 Å². The molecule has 0 bridgehead atoms. The fourth-order valence-electron chi connectivity index (χ4n) is 2.39. The van der Waals surface area contributed by atoms with Crippen LogP contribution in [0.4, 0.5) is 5.69 Å². The molecular formula is C16H20N2O2. The van der Waals surface area contributed by atoms with Gasteiger partial charge < -0.3 is 14.4 Å². The van der Waals surface area contributed by atoms with Gasteiger partial charge in [0, 0.05) is 24.8 Å². The number of nitrogens with zero attached hydrogens (tertiary/aromatic N) is 2. The first-order valence-corrected chi connectivity index (χ1v) is 7.12. The number of benzene rings is 1. The van der Waals surface area contributed by atoms with E-state index in [2.05, 4.69) is 29.2 Å². The number of aliphatic hydroxyl groups excluding tert-OH is 1. The molecule has 0 unspecified atom stereocenters. The molecule has 1 fully saturated rings. The summed E-state index contributed by atoms with van der Waals surface area (Å²) >= 11 is 0. The van der Waals surface area contributed by atoms with Crippen molar-refractivity contribution in [3.05, 3.63) is 36.4 Å². The van der Waals surface area contributed by atoms with Crippen molar-refractivity contribution in [3.63, 3.8) is 0 Å². The first kappa shape index (κ1) is 13.2. The minimum absolute atomic E-state index is 0.159. The van der Waals surface area contributed by atoms with Crippen LogP contribution in [0.2, 0.25) is 0 Å². The summed E-state index contributed by atoms with van der Waals surface area (Å²) in [5.41, 5.74) is 3.23. The Morgan fingerprint density at radius 3 is 2.70 bits per heavy atom. The number of rotatable bonds is 6. The van der Waals surface area contributed by atoms with Crippen LogP contribution in [0.15, 0.2) is 35.1 Å². The van der Waals surface area contributed by atoms with Crippen LogP contribution in [0, 0.1) is 5.92 Å². The van der Waals surface area contributed by atoms with Crippen LogP contribution >= 0.6 is 0 Å². The molecule has 3 rings (SSSR count). The van der Waals surface area contributed by atoms with Gasteiger partial charge in [-0.1, -0.05) is 0 Å². The van der Waals surface area contributed by atoms with Crippen molar-refractivity contribution < 1.29 is 9.52 Å². The molecule has 1 aromatic carbocycles. The first-order valence-electron chi connectivity index (χ1n) is 7.12. The summed E-state index contributed by atoms with van der Waals surface area (Å²) in [7, 11) is 1.97. The Kier molecular flexibility index (Phi) is 3.74. The van der Waals surface area contributed by atoms with Crippen LogP contribution in [-0.4, -0.2) is 30.3 Å². The van der Waals surface area contributed by atoms with Gasteiger partial charge in [-0.2, -0.15) is 0 Å². The number of hydrogen-bond acceptors (Lipinski definition) is 4. The predicted octanol–water partition coefficient (Wildman–Crippen LogP) is 2.72. The van der Waals surface area contributed by atoms with Crippen LogP contribution in [0.1, 0.15) is 18.5 Å². The summed E-state index contributed by atoms with van der Waals surface area (Å²) in [6.07, 6.45) is 5.20. The lowest BCUT2D eigenvalue weighted by Gasteiger charge is -2.17. The van der Waals surface area contributed by atoms with Crippen molar-refractivity contribution in [2.24, 2.45) is 5.92 Å². The van der Waals surface area contributed by atoms with Gasteiger partial charge in [-0.15, -0.1) is 0 Å². The number of hydrogen-bond donors (Lipinski definition) is 1. The number of aliphatic hydroxyl groups is 1. The second kappa shape index (κ2) is 5.67. The van der Waals surface area contributed by atoms with Gasteiger partial charge in [-0.05, 0) is 49.4 Å². The SMILES string of the molecule is CN(CCO)c1ccc(-c2ocnc2CC2CC2)cc1. The molecular weight excluding hydrogens is 252 g/mol. The quantitative estimate of drug-likeness (QED) is 0.878. The van der Waals surface area contributed by atoms with Gasteiger partial charge in [0.2, 0.25) is 0 Å². The molecule has 1 saturated carbocycles. The molecule has 1 N–H and O–H groups in total. The molecule has 0 radical (unpaired) electrons. The van der Waals surface area contributed by atoms with Gasteiger partial charge in [0.05, 0.1) is 12.3 Å². The van der Waals surface area contributed by atoms with E-state index in [1.165, 1.54) is 12.8 Å². The molecule has 0 saturated heterocycles. The van der Waals surface area contributed by atoms with Crippen LogP contribution < -0.4 is 4.90 Å². The van der Waals surface area contributed by atoms with E-state index >= 15 is 0 Å². The summed E-state index contributed by atoms with van der Waals surface area (Å²) in [6, 6.07) is 8.21. The molecule has 20 heavy (non-hydrogen) atoms. The molecule has 0 amide bonds. The van der Waals surface area contributed by atoms with Gasteiger partial charge in [0.25, 0.3) is 0 Å². The van der Waals surface area contributed by atoms with E-state index in [1.54, 1.807) is 6.39 Å². The summed E-state index contributed by atoms with van der Waals surface area (Å²) < 4.78 is 5.56. The zero-order valence-electron chi connectivity index (χ0n) is 11.7. The maximum Gasteiger partial charge on any atom is 0.181 e. The largest absolute Gasteiger partial charge is 0.443 e. The third-order valence-electron chi connectivity index (χ3n) is 3.83. The topological polar surface area (TPSA) is 49.5 Å². The van der Waals surface area contributed by atoms with E-state index in [9.17, 15) is 0 Å². The van der Waals surface area contributed by atoms with Crippen molar-refractivity contribution in [3.8, 4) is 11.3 Å². The molecule has 1 heterocycles. The Labute approximate surface area is 119 Å². The third kappa shape index (κ3) is 2.85. The monoisotopic (exact) mass is 272 g/mol. The molecule has 0 spiro atoms. The Morgan fingerprint density at radius 1 is 1.30 bits per heavy atom. The lowest BCUT2D eigenvalue weighted by Crippen LogP contribution is -2.20. The normalized spacial score (nSPS) is 14.5. The van der Waals surface area contributed by atoms with Crippen LogP contribution in [0.3, 0.4) is 0 Å². The van der Waals surface area contributed by atoms with E-state index in [0.717, 1.165) is 35.0 Å². The molecule has 4 heteroatoms. The van der Waals surface area contributed by atoms with Crippen molar-refractivity contribution in [1.82, 2.24) is 4.98 Å². The number of oxazole rings is 1. The van der Waals surface area contributed by atoms with Crippen LogP contribution in [-0.2, 0) is 6.42 Å². The summed E-state index contributed by atoms with van der Waals surface area (Å²) in [5, 5.41) is 8.96. The molecule has 0 aliphatic heterocycles. The molecule has 4 nitrogen and oxygen atoms in total. The van der Waals surface area contributed by atoms with Crippen LogP contribution in [0.5, 0.6) is 0 Å². The average Bonchev–Trinajstić information content (AvgIpc) is 3.15. The zero-order valence-corrected chi connectivity index (χ0v) is 11.7. The fraction of sp³-hybridized carbons (Fsp3) is 0.438. The third-order valence-corrected chi connectivity index (χ3v) is 3.83. The van der Waals surface area contributed by atoms with Gasteiger partial charge in [-0.25, -0.2) is 4.98 Å². The smallest absolute Gasteiger partial charge is 0.181 e. The Morgan fingerprint density at radius 2 is 2.05 bits per heavy atom. The Hall–Kier alpha value is -1.81. The zero-order chi connectivity index (χ0) is 13.9. The second-order valence-corrected chi connectivity index (χ2v) is 5.47. The van der Waals surface area contributed by atoms with E-state index in [-0.39, 0.29) is 6.61 Å². The molecule has 1 aliphatic carbocycles. The number of anilines is 1. The Balaban J connectivity index is 1.78.